The Morgan fingerprint density at radius 2 is 1.95 bits per heavy atom. The highest BCUT2D eigenvalue weighted by Crippen LogP contribution is 2.65. The number of likely N-dealkylation sites (tertiary alicyclic amines) is 1. The molecule has 1 spiro atoms. The molecular weight excluding hydrogens is 552 g/mol. The summed E-state index contributed by atoms with van der Waals surface area (Å²) in [7, 11) is 1.87. The smallest absolute Gasteiger partial charge is 0.308 e. The zero-order valence-electron chi connectivity index (χ0n) is 25.7. The van der Waals surface area contributed by atoms with Gasteiger partial charge in [0, 0.05) is 55.2 Å². The number of carbonyl (C=O) groups is 2. The molecule has 1 amide bonds. The lowest BCUT2D eigenvalue weighted by Crippen LogP contribution is -2.69. The Balaban J connectivity index is 1.24. The van der Waals surface area contributed by atoms with Crippen LogP contribution in [0.2, 0.25) is 0 Å². The van der Waals surface area contributed by atoms with Crippen molar-refractivity contribution in [3.8, 4) is 17.2 Å². The van der Waals surface area contributed by atoms with E-state index < -0.39 is 5.97 Å². The molecule has 7 heteroatoms. The second kappa shape index (κ2) is 11.1. The summed E-state index contributed by atoms with van der Waals surface area (Å²) in [6.45, 7) is 5.26. The Labute approximate surface area is 259 Å². The van der Waals surface area contributed by atoms with Crippen LogP contribution in [0.3, 0.4) is 0 Å². The van der Waals surface area contributed by atoms with E-state index in [0.29, 0.717) is 11.7 Å². The number of aryl methyl sites for hydroxylation is 1. The molecule has 2 aliphatic carbocycles. The summed E-state index contributed by atoms with van der Waals surface area (Å²) >= 11 is 0. The first-order chi connectivity index (χ1) is 21.3. The second-order valence-electron chi connectivity index (χ2n) is 13.0. The SMILES string of the molecule is CC(=O)Oc1cc(O)c2c3c1O[C@H]1[C@@H](N(C)C(=O)C=Cc4cccc(C)c4)CC[C@H]4[C@@H](C2)N(CCc2ccccc2)CC[C@@]341. The van der Waals surface area contributed by atoms with Gasteiger partial charge in [-0.15, -0.1) is 0 Å². The lowest BCUT2D eigenvalue weighted by Gasteiger charge is -2.60. The number of hydrogen-bond acceptors (Lipinski definition) is 6. The molecule has 4 aliphatic rings. The maximum Gasteiger partial charge on any atom is 0.308 e. The van der Waals surface area contributed by atoms with Crippen LogP contribution in [0.1, 0.15) is 54.0 Å². The lowest BCUT2D eigenvalue weighted by molar-refractivity contribution is -0.135. The van der Waals surface area contributed by atoms with Gasteiger partial charge < -0.3 is 19.5 Å². The molecule has 2 fully saturated rings. The first-order valence-corrected chi connectivity index (χ1v) is 15.8. The molecule has 2 heterocycles. The standard InChI is InChI=1S/C37H40N2O5/c1-23-8-7-11-26(20-23)12-15-33(42)38(3)29-14-13-28-30-21-27-31(41)22-32(43-24(2)40)35-34(27)37(28,36(29)44-35)17-19-39(30)18-16-25-9-5-4-6-10-25/h4-12,15,20,22,28-30,36,41H,13-14,16-19,21H2,1-3H3/t28-,29-,30+,36-,37-/m0/s1. The van der Waals surface area contributed by atoms with Crippen LogP contribution in [-0.2, 0) is 27.8 Å². The van der Waals surface area contributed by atoms with Crippen LogP contribution in [-0.4, -0.2) is 65.1 Å². The molecule has 0 radical (unpaired) electrons. The van der Waals surface area contributed by atoms with Crippen molar-refractivity contribution in [1.82, 2.24) is 9.80 Å². The molecule has 1 N–H and O–H groups in total. The quantitative estimate of drug-likeness (QED) is 0.223. The van der Waals surface area contributed by atoms with Crippen LogP contribution in [0.15, 0.2) is 66.7 Å². The van der Waals surface area contributed by atoms with Gasteiger partial charge in [0.05, 0.1) is 6.04 Å². The fourth-order valence-electron chi connectivity index (χ4n) is 8.70. The summed E-state index contributed by atoms with van der Waals surface area (Å²) in [5, 5.41) is 11.4. The molecule has 7 nitrogen and oxygen atoms in total. The van der Waals surface area contributed by atoms with Gasteiger partial charge in [-0.1, -0.05) is 60.2 Å². The van der Waals surface area contributed by atoms with Crippen molar-refractivity contribution in [2.45, 2.75) is 69.6 Å². The van der Waals surface area contributed by atoms with Crippen molar-refractivity contribution >= 4 is 18.0 Å². The van der Waals surface area contributed by atoms with E-state index in [0.717, 1.165) is 67.4 Å². The van der Waals surface area contributed by atoms with Crippen LogP contribution >= 0.6 is 0 Å². The molecule has 3 aromatic rings. The number of nitrogens with zero attached hydrogens (tertiary/aromatic N) is 2. The molecule has 0 unspecified atom stereocenters. The molecular formula is C37H40N2O5. The number of hydrogen-bond donors (Lipinski definition) is 1. The summed E-state index contributed by atoms with van der Waals surface area (Å²) in [5.74, 6) is 0.782. The van der Waals surface area contributed by atoms with Gasteiger partial charge in [0.2, 0.25) is 5.91 Å². The molecule has 228 valence electrons. The Morgan fingerprint density at radius 1 is 1.14 bits per heavy atom. The minimum absolute atomic E-state index is 0.0677. The maximum absolute atomic E-state index is 13.6. The monoisotopic (exact) mass is 592 g/mol. The highest BCUT2D eigenvalue weighted by atomic mass is 16.6. The summed E-state index contributed by atoms with van der Waals surface area (Å²) in [6.07, 6.45) is 7.55. The number of likely N-dealkylation sites (N-methyl/N-ethyl adjacent to an activating group) is 1. The number of phenols is 1. The van der Waals surface area contributed by atoms with Crippen LogP contribution in [0, 0.1) is 12.8 Å². The van der Waals surface area contributed by atoms with Crippen LogP contribution in [0.25, 0.3) is 6.08 Å². The molecule has 1 saturated heterocycles. The number of amides is 1. The van der Waals surface area contributed by atoms with Gasteiger partial charge in [0.1, 0.15) is 11.9 Å². The Bertz CT molecular complexity index is 1630. The van der Waals surface area contributed by atoms with Gasteiger partial charge >= 0.3 is 5.97 Å². The van der Waals surface area contributed by atoms with Crippen molar-refractivity contribution in [3.63, 3.8) is 0 Å². The van der Waals surface area contributed by atoms with E-state index in [2.05, 4.69) is 41.3 Å². The van der Waals surface area contributed by atoms with E-state index in [1.54, 1.807) is 12.1 Å². The van der Waals surface area contributed by atoms with Crippen molar-refractivity contribution in [2.75, 3.05) is 20.1 Å². The lowest BCUT2D eigenvalue weighted by atomic mass is 9.50. The molecule has 44 heavy (non-hydrogen) atoms. The summed E-state index contributed by atoms with van der Waals surface area (Å²) in [5.41, 5.74) is 4.99. The Hall–Kier alpha value is -4.10. The third-order valence-electron chi connectivity index (χ3n) is 10.6. The highest BCUT2D eigenvalue weighted by molar-refractivity contribution is 5.92. The molecule has 1 saturated carbocycles. The third kappa shape index (κ3) is 4.69. The topological polar surface area (TPSA) is 79.3 Å². The first kappa shape index (κ1) is 28.7. The number of piperidine rings is 1. The highest BCUT2D eigenvalue weighted by Gasteiger charge is 2.67. The molecule has 2 bridgehead atoms. The number of rotatable bonds is 7. The van der Waals surface area contributed by atoms with E-state index in [9.17, 15) is 14.7 Å². The van der Waals surface area contributed by atoms with E-state index in [4.69, 9.17) is 9.47 Å². The fourth-order valence-corrected chi connectivity index (χ4v) is 8.70. The molecule has 5 atom stereocenters. The van der Waals surface area contributed by atoms with Crippen LogP contribution in [0.5, 0.6) is 17.2 Å². The van der Waals surface area contributed by atoms with E-state index in [1.165, 1.54) is 12.5 Å². The Morgan fingerprint density at radius 3 is 2.73 bits per heavy atom. The van der Waals surface area contributed by atoms with Gasteiger partial charge in [-0.3, -0.25) is 14.5 Å². The van der Waals surface area contributed by atoms with Gasteiger partial charge in [-0.2, -0.15) is 0 Å². The summed E-state index contributed by atoms with van der Waals surface area (Å²) < 4.78 is 12.5. The second-order valence-corrected chi connectivity index (χ2v) is 13.0. The predicted octanol–water partition coefficient (Wildman–Crippen LogP) is 5.45. The zero-order chi connectivity index (χ0) is 30.6. The number of esters is 1. The van der Waals surface area contributed by atoms with Crippen molar-refractivity contribution in [3.05, 3.63) is 94.6 Å². The van der Waals surface area contributed by atoms with Crippen LogP contribution in [0.4, 0.5) is 0 Å². The minimum atomic E-state index is -0.456. The average molecular weight is 593 g/mol. The largest absolute Gasteiger partial charge is 0.508 e. The Kier molecular flexibility index (Phi) is 7.24. The number of benzene rings is 3. The van der Waals surface area contributed by atoms with Crippen molar-refractivity contribution in [1.29, 1.82) is 0 Å². The van der Waals surface area contributed by atoms with Crippen molar-refractivity contribution in [2.24, 2.45) is 5.92 Å². The van der Waals surface area contributed by atoms with Gasteiger partial charge in [-0.25, -0.2) is 0 Å². The predicted molar refractivity (Wildman–Crippen MR) is 169 cm³/mol. The number of phenolic OH excluding ortho intramolecular Hbond substituents is 1. The molecule has 2 aliphatic heterocycles. The molecule has 0 aromatic heterocycles. The van der Waals surface area contributed by atoms with E-state index in [1.807, 2.05) is 43.1 Å². The number of aromatic hydroxyl groups is 1. The number of carbonyl (C=O) groups excluding carboxylic acids is 2. The minimum Gasteiger partial charge on any atom is -0.508 e. The average Bonchev–Trinajstić information content (AvgIpc) is 3.35. The van der Waals surface area contributed by atoms with Gasteiger partial charge in [0.25, 0.3) is 0 Å². The normalized spacial score (nSPS) is 26.6. The van der Waals surface area contributed by atoms with Crippen LogP contribution < -0.4 is 9.47 Å². The molecule has 7 rings (SSSR count). The zero-order valence-corrected chi connectivity index (χ0v) is 25.7. The maximum atomic E-state index is 13.6. The van der Waals surface area contributed by atoms with Gasteiger partial charge in [0.15, 0.2) is 11.5 Å². The third-order valence-corrected chi connectivity index (χ3v) is 10.6. The van der Waals surface area contributed by atoms with E-state index in [-0.39, 0.29) is 41.0 Å². The van der Waals surface area contributed by atoms with E-state index >= 15 is 0 Å². The first-order valence-electron chi connectivity index (χ1n) is 15.8. The molecule has 3 aromatic carbocycles. The fraction of sp³-hybridized carbons (Fsp3) is 0.405. The summed E-state index contributed by atoms with van der Waals surface area (Å²) in [6, 6.07) is 20.3. The van der Waals surface area contributed by atoms with Crippen molar-refractivity contribution < 1.29 is 24.2 Å². The van der Waals surface area contributed by atoms with Gasteiger partial charge in [-0.05, 0) is 68.7 Å². The summed E-state index contributed by atoms with van der Waals surface area (Å²) in [4.78, 5) is 30.1. The number of ether oxygens (including phenoxy) is 2.